The van der Waals surface area contributed by atoms with Crippen LogP contribution >= 0.6 is 0 Å². The molecule has 0 saturated heterocycles. The van der Waals surface area contributed by atoms with E-state index in [4.69, 9.17) is 5.11 Å². The lowest BCUT2D eigenvalue weighted by molar-refractivity contribution is 0.243. The fourth-order valence-electron chi connectivity index (χ4n) is 1.97. The van der Waals surface area contributed by atoms with E-state index in [1.165, 1.54) is 0 Å². The largest absolute Gasteiger partial charge is 0.396 e. The monoisotopic (exact) mass is 303 g/mol. The summed E-state index contributed by atoms with van der Waals surface area (Å²) in [6, 6.07) is 7.08. The first-order chi connectivity index (χ1) is 10.6. The minimum absolute atomic E-state index is 0.128. The Labute approximate surface area is 129 Å². The third-order valence-corrected chi connectivity index (χ3v) is 3.21. The number of benzene rings is 1. The third kappa shape index (κ3) is 4.56. The van der Waals surface area contributed by atoms with Crippen molar-refractivity contribution < 1.29 is 9.90 Å². The highest BCUT2D eigenvalue weighted by atomic mass is 16.3. The van der Waals surface area contributed by atoms with Crippen molar-refractivity contribution in [2.75, 3.05) is 18.5 Å². The quantitative estimate of drug-likeness (QED) is 0.654. The number of nitrogens with one attached hydrogen (secondary N) is 3. The Bertz CT molecular complexity index is 626. The Morgan fingerprint density at radius 2 is 2.27 bits per heavy atom. The molecule has 1 unspecified atom stereocenters. The molecule has 0 saturated carbocycles. The van der Waals surface area contributed by atoms with Gasteiger partial charge in [0.05, 0.1) is 0 Å². The maximum absolute atomic E-state index is 11.9. The number of amides is 2. The van der Waals surface area contributed by atoms with Crippen molar-refractivity contribution in [3.63, 3.8) is 0 Å². The van der Waals surface area contributed by atoms with Crippen LogP contribution in [0.15, 0.2) is 24.3 Å². The van der Waals surface area contributed by atoms with Crippen LogP contribution in [0.3, 0.4) is 0 Å². The number of H-pyrrole nitrogens is 1. The molecule has 1 aromatic heterocycles. The summed E-state index contributed by atoms with van der Waals surface area (Å²) in [7, 11) is 0. The van der Waals surface area contributed by atoms with Gasteiger partial charge in [0.1, 0.15) is 5.82 Å². The number of carbonyl (C=O) groups is 1. The van der Waals surface area contributed by atoms with Crippen molar-refractivity contribution in [2.45, 2.75) is 20.3 Å². The normalized spacial score (nSPS) is 12.0. The topological polar surface area (TPSA) is 103 Å². The summed E-state index contributed by atoms with van der Waals surface area (Å²) >= 11 is 0. The molecule has 7 nitrogen and oxygen atoms in total. The smallest absolute Gasteiger partial charge is 0.319 e. The fourth-order valence-corrected chi connectivity index (χ4v) is 1.97. The number of aromatic nitrogens is 3. The molecule has 2 aromatic rings. The molecule has 0 radical (unpaired) electrons. The number of aromatic amines is 1. The van der Waals surface area contributed by atoms with Crippen LogP contribution in [-0.2, 0) is 0 Å². The molecule has 22 heavy (non-hydrogen) atoms. The number of carbonyl (C=O) groups excluding carboxylic acids is 1. The highest BCUT2D eigenvalue weighted by Gasteiger charge is 2.08. The minimum Gasteiger partial charge on any atom is -0.396 e. The van der Waals surface area contributed by atoms with Crippen LogP contribution in [-0.4, -0.2) is 39.5 Å². The molecule has 0 aliphatic rings. The minimum atomic E-state index is -0.270. The van der Waals surface area contributed by atoms with Gasteiger partial charge in [0, 0.05) is 24.4 Å². The number of aliphatic hydroxyl groups is 1. The van der Waals surface area contributed by atoms with E-state index >= 15 is 0 Å². The lowest BCUT2D eigenvalue weighted by atomic mass is 10.1. The van der Waals surface area contributed by atoms with Crippen LogP contribution in [0.1, 0.15) is 19.2 Å². The Balaban J connectivity index is 1.94. The van der Waals surface area contributed by atoms with Crippen molar-refractivity contribution in [1.29, 1.82) is 0 Å². The van der Waals surface area contributed by atoms with E-state index in [1.807, 2.05) is 32.0 Å². The van der Waals surface area contributed by atoms with E-state index in [2.05, 4.69) is 25.8 Å². The highest BCUT2D eigenvalue weighted by molar-refractivity contribution is 5.89. The molecule has 0 aliphatic carbocycles. The van der Waals surface area contributed by atoms with Gasteiger partial charge in [-0.2, -0.15) is 5.10 Å². The second kappa shape index (κ2) is 7.56. The molecular formula is C15H21N5O2. The predicted octanol–water partition coefficient (Wildman–Crippen LogP) is 1.92. The van der Waals surface area contributed by atoms with Crippen LogP contribution in [0.2, 0.25) is 0 Å². The number of anilines is 1. The Morgan fingerprint density at radius 1 is 1.45 bits per heavy atom. The zero-order valence-corrected chi connectivity index (χ0v) is 12.8. The van der Waals surface area contributed by atoms with Gasteiger partial charge in [0.2, 0.25) is 0 Å². The van der Waals surface area contributed by atoms with Crippen molar-refractivity contribution in [3.8, 4) is 11.4 Å². The van der Waals surface area contributed by atoms with Gasteiger partial charge in [-0.05, 0) is 31.4 Å². The molecule has 0 aliphatic heterocycles. The summed E-state index contributed by atoms with van der Waals surface area (Å²) in [5, 5.41) is 21.3. The average molecular weight is 303 g/mol. The van der Waals surface area contributed by atoms with Gasteiger partial charge in [0.15, 0.2) is 5.82 Å². The molecule has 1 atom stereocenters. The van der Waals surface area contributed by atoms with E-state index in [9.17, 15) is 4.79 Å². The summed E-state index contributed by atoms with van der Waals surface area (Å²) in [5.41, 5.74) is 1.50. The van der Waals surface area contributed by atoms with Crippen LogP contribution in [0.25, 0.3) is 11.4 Å². The molecule has 0 fully saturated rings. The number of nitrogens with zero attached hydrogens (tertiary/aromatic N) is 2. The average Bonchev–Trinajstić information content (AvgIpc) is 2.92. The number of rotatable bonds is 6. The van der Waals surface area contributed by atoms with Crippen LogP contribution < -0.4 is 10.6 Å². The second-order valence-electron chi connectivity index (χ2n) is 5.28. The standard InChI is InChI=1S/C15H21N5O2/c1-10(6-7-21)9-16-15(22)18-13-5-3-4-12(8-13)14-17-11(2)19-20-14/h3-5,8,10,21H,6-7,9H2,1-2H3,(H2,16,18,22)(H,17,19,20). The van der Waals surface area contributed by atoms with Crippen molar-refractivity contribution >= 4 is 11.7 Å². The maximum Gasteiger partial charge on any atom is 0.319 e. The molecule has 2 amide bonds. The zero-order chi connectivity index (χ0) is 15.9. The van der Waals surface area contributed by atoms with Crippen molar-refractivity contribution in [2.24, 2.45) is 5.92 Å². The van der Waals surface area contributed by atoms with Gasteiger partial charge >= 0.3 is 6.03 Å². The van der Waals surface area contributed by atoms with E-state index in [0.29, 0.717) is 24.5 Å². The molecule has 1 aromatic carbocycles. The first-order valence-corrected chi connectivity index (χ1v) is 7.23. The van der Waals surface area contributed by atoms with Crippen LogP contribution in [0.4, 0.5) is 10.5 Å². The Kier molecular flexibility index (Phi) is 5.48. The third-order valence-electron chi connectivity index (χ3n) is 3.21. The van der Waals surface area contributed by atoms with Crippen molar-refractivity contribution in [1.82, 2.24) is 20.5 Å². The van der Waals surface area contributed by atoms with Gasteiger partial charge in [-0.3, -0.25) is 5.10 Å². The molecule has 2 rings (SSSR count). The Hall–Kier alpha value is -2.41. The van der Waals surface area contributed by atoms with Gasteiger partial charge in [-0.1, -0.05) is 19.1 Å². The maximum atomic E-state index is 11.9. The molecule has 0 spiro atoms. The van der Waals surface area contributed by atoms with Crippen LogP contribution in [0.5, 0.6) is 0 Å². The van der Waals surface area contributed by atoms with Gasteiger partial charge < -0.3 is 15.7 Å². The van der Waals surface area contributed by atoms with E-state index in [-0.39, 0.29) is 18.6 Å². The summed E-state index contributed by atoms with van der Waals surface area (Å²) in [4.78, 5) is 16.1. The molecule has 7 heteroatoms. The predicted molar refractivity (Wildman–Crippen MR) is 84.4 cm³/mol. The SMILES string of the molecule is Cc1nc(-c2cccc(NC(=O)NCC(C)CCO)c2)n[nH]1. The number of urea groups is 1. The van der Waals surface area contributed by atoms with Gasteiger partial charge in [0.25, 0.3) is 0 Å². The molecular weight excluding hydrogens is 282 g/mol. The molecule has 1 heterocycles. The second-order valence-corrected chi connectivity index (χ2v) is 5.28. The lowest BCUT2D eigenvalue weighted by Crippen LogP contribution is -2.32. The fraction of sp³-hybridized carbons (Fsp3) is 0.400. The first-order valence-electron chi connectivity index (χ1n) is 7.23. The highest BCUT2D eigenvalue weighted by Crippen LogP contribution is 2.19. The molecule has 118 valence electrons. The van der Waals surface area contributed by atoms with E-state index in [1.54, 1.807) is 6.07 Å². The summed E-state index contributed by atoms with van der Waals surface area (Å²) in [6.45, 7) is 4.46. The lowest BCUT2D eigenvalue weighted by Gasteiger charge is -2.12. The number of hydrogen-bond acceptors (Lipinski definition) is 4. The Morgan fingerprint density at radius 3 is 2.95 bits per heavy atom. The molecule has 0 bridgehead atoms. The van der Waals surface area contributed by atoms with Crippen LogP contribution in [0, 0.1) is 12.8 Å². The van der Waals surface area contributed by atoms with Gasteiger partial charge in [-0.25, -0.2) is 9.78 Å². The summed E-state index contributed by atoms with van der Waals surface area (Å²) in [5.74, 6) is 1.57. The number of aryl methyl sites for hydroxylation is 1. The zero-order valence-electron chi connectivity index (χ0n) is 12.8. The number of aliphatic hydroxyl groups excluding tert-OH is 1. The summed E-state index contributed by atoms with van der Waals surface area (Å²) < 4.78 is 0. The van der Waals surface area contributed by atoms with E-state index < -0.39 is 0 Å². The molecule has 4 N–H and O–H groups in total. The van der Waals surface area contributed by atoms with E-state index in [0.717, 1.165) is 11.4 Å². The van der Waals surface area contributed by atoms with Crippen molar-refractivity contribution in [3.05, 3.63) is 30.1 Å². The number of hydrogen-bond donors (Lipinski definition) is 4. The summed E-state index contributed by atoms with van der Waals surface area (Å²) in [6.07, 6.45) is 0.667. The first kappa shape index (κ1) is 16.0. The van der Waals surface area contributed by atoms with Gasteiger partial charge in [-0.15, -0.1) is 0 Å².